The van der Waals surface area contributed by atoms with E-state index in [2.05, 4.69) is 41.5 Å². The van der Waals surface area contributed by atoms with Crippen molar-refractivity contribution < 1.29 is 4.74 Å². The number of hydrogen-bond donors (Lipinski definition) is 0. The van der Waals surface area contributed by atoms with Crippen LogP contribution in [0.3, 0.4) is 0 Å². The van der Waals surface area contributed by atoms with Crippen LogP contribution in [-0.2, 0) is 19.5 Å². The lowest BCUT2D eigenvalue weighted by atomic mass is 10.0. The summed E-state index contributed by atoms with van der Waals surface area (Å²) in [6, 6.07) is 11.3. The minimum absolute atomic E-state index is 0. The van der Waals surface area contributed by atoms with Gasteiger partial charge in [-0.05, 0) is 48.1 Å². The fraction of sp³-hybridized carbons (Fsp3) is 0.375. The minimum atomic E-state index is 0. The van der Waals surface area contributed by atoms with Gasteiger partial charge < -0.3 is 4.74 Å². The second-order valence-corrected chi connectivity index (χ2v) is 6.18. The van der Waals surface area contributed by atoms with Gasteiger partial charge in [0, 0.05) is 24.0 Å². The van der Waals surface area contributed by atoms with Crippen molar-refractivity contribution in [2.24, 2.45) is 0 Å². The maximum Gasteiger partial charge on any atom is 0.119 e. The third kappa shape index (κ3) is 3.17. The molecule has 0 bridgehead atoms. The second-order valence-electron chi connectivity index (χ2n) is 5.18. The Labute approximate surface area is 130 Å². The molecule has 3 rings (SSSR count). The van der Waals surface area contributed by atoms with Crippen molar-refractivity contribution in [1.29, 1.82) is 0 Å². The van der Waals surface area contributed by atoms with Crippen LogP contribution in [0.5, 0.6) is 5.75 Å². The van der Waals surface area contributed by atoms with Crippen LogP contribution in [0.2, 0.25) is 0 Å². The largest absolute Gasteiger partial charge is 0.497 e. The maximum absolute atomic E-state index is 5.30. The molecular weight excluding hydrogens is 290 g/mol. The van der Waals surface area contributed by atoms with E-state index in [-0.39, 0.29) is 12.4 Å². The van der Waals surface area contributed by atoms with Gasteiger partial charge in [-0.15, -0.1) is 23.7 Å². The van der Waals surface area contributed by atoms with E-state index in [1.165, 1.54) is 17.5 Å². The van der Waals surface area contributed by atoms with Crippen molar-refractivity contribution in [2.45, 2.75) is 32.5 Å². The minimum Gasteiger partial charge on any atom is -0.497 e. The van der Waals surface area contributed by atoms with E-state index >= 15 is 0 Å². The predicted octanol–water partition coefficient (Wildman–Crippen LogP) is 4.13. The van der Waals surface area contributed by atoms with Crippen LogP contribution < -0.4 is 4.74 Å². The van der Waals surface area contributed by atoms with Crippen LogP contribution in [0.1, 0.15) is 22.9 Å². The molecule has 0 fully saturated rings. The molecule has 0 spiro atoms. The molecule has 0 N–H and O–H groups in total. The summed E-state index contributed by atoms with van der Waals surface area (Å²) in [4.78, 5) is 4.11. The van der Waals surface area contributed by atoms with E-state index in [9.17, 15) is 0 Å². The molecule has 0 aliphatic carbocycles. The Morgan fingerprint density at radius 3 is 3.00 bits per heavy atom. The summed E-state index contributed by atoms with van der Waals surface area (Å²) < 4.78 is 5.30. The zero-order valence-electron chi connectivity index (χ0n) is 11.8. The van der Waals surface area contributed by atoms with Crippen molar-refractivity contribution in [3.8, 4) is 5.75 Å². The third-order valence-electron chi connectivity index (χ3n) is 3.84. The number of thiophene rings is 1. The van der Waals surface area contributed by atoms with Crippen LogP contribution in [0.4, 0.5) is 0 Å². The summed E-state index contributed by atoms with van der Waals surface area (Å²) >= 11 is 1.90. The monoisotopic (exact) mass is 309 g/mol. The molecule has 4 heteroatoms. The van der Waals surface area contributed by atoms with Gasteiger partial charge in [0.15, 0.2) is 0 Å². The number of hydrogen-bond acceptors (Lipinski definition) is 3. The Hall–Kier alpha value is -1.03. The van der Waals surface area contributed by atoms with Crippen molar-refractivity contribution in [2.75, 3.05) is 7.11 Å². The molecule has 108 valence electrons. The Morgan fingerprint density at radius 2 is 2.20 bits per heavy atom. The SMILES string of the molecule is COc1cccc(CN2Cc3ccsc3CC2C)c1.Cl. The van der Waals surface area contributed by atoms with E-state index < -0.39 is 0 Å². The lowest BCUT2D eigenvalue weighted by Crippen LogP contribution is -2.37. The Morgan fingerprint density at radius 1 is 1.35 bits per heavy atom. The van der Waals surface area contributed by atoms with Gasteiger partial charge in [-0.3, -0.25) is 4.90 Å². The fourth-order valence-electron chi connectivity index (χ4n) is 2.68. The van der Waals surface area contributed by atoms with Crippen molar-refractivity contribution in [1.82, 2.24) is 4.90 Å². The molecule has 0 amide bonds. The van der Waals surface area contributed by atoms with Crippen LogP contribution in [0.25, 0.3) is 0 Å². The van der Waals surface area contributed by atoms with Crippen molar-refractivity contribution >= 4 is 23.7 Å². The number of benzene rings is 1. The maximum atomic E-state index is 5.30. The summed E-state index contributed by atoms with van der Waals surface area (Å²) in [5.74, 6) is 0.943. The molecule has 1 aliphatic heterocycles. The van der Waals surface area contributed by atoms with Gasteiger partial charge >= 0.3 is 0 Å². The highest BCUT2D eigenvalue weighted by atomic mass is 35.5. The summed E-state index contributed by atoms with van der Waals surface area (Å²) in [5.41, 5.74) is 2.83. The fourth-order valence-corrected chi connectivity index (χ4v) is 3.69. The van der Waals surface area contributed by atoms with Crippen LogP contribution in [-0.4, -0.2) is 18.1 Å². The molecular formula is C16H20ClNOS. The smallest absolute Gasteiger partial charge is 0.119 e. The quantitative estimate of drug-likeness (QED) is 0.845. The molecule has 2 nitrogen and oxygen atoms in total. The van der Waals surface area contributed by atoms with Gasteiger partial charge in [0.2, 0.25) is 0 Å². The lowest BCUT2D eigenvalue weighted by molar-refractivity contribution is 0.177. The summed E-state index contributed by atoms with van der Waals surface area (Å²) in [7, 11) is 1.72. The van der Waals surface area contributed by atoms with E-state index in [1.54, 1.807) is 12.0 Å². The van der Waals surface area contributed by atoms with Gasteiger partial charge in [0.1, 0.15) is 5.75 Å². The molecule has 2 aromatic rings. The average molecular weight is 310 g/mol. The molecule has 1 aliphatic rings. The van der Waals surface area contributed by atoms with Gasteiger partial charge in [0.05, 0.1) is 7.11 Å². The van der Waals surface area contributed by atoms with Crippen LogP contribution in [0.15, 0.2) is 35.7 Å². The number of halogens is 1. The highest BCUT2D eigenvalue weighted by Gasteiger charge is 2.23. The van der Waals surface area contributed by atoms with Crippen LogP contribution in [0, 0.1) is 0 Å². The first-order chi connectivity index (χ1) is 9.26. The summed E-state index contributed by atoms with van der Waals surface area (Å²) in [6.07, 6.45) is 1.18. The molecule has 20 heavy (non-hydrogen) atoms. The molecule has 0 radical (unpaired) electrons. The van der Waals surface area contributed by atoms with Crippen molar-refractivity contribution in [3.05, 3.63) is 51.7 Å². The topological polar surface area (TPSA) is 12.5 Å². The Bertz CT molecular complexity index is 569. The molecule has 2 heterocycles. The Kier molecular flexibility index (Phi) is 5.08. The zero-order valence-corrected chi connectivity index (χ0v) is 13.5. The average Bonchev–Trinajstić information content (AvgIpc) is 2.86. The van der Waals surface area contributed by atoms with E-state index in [1.807, 2.05) is 17.4 Å². The summed E-state index contributed by atoms with van der Waals surface area (Å²) in [6.45, 7) is 4.38. The standard InChI is InChI=1S/C16H19NOS.ClH/c1-12-8-16-14(6-7-19-16)11-17(12)10-13-4-3-5-15(9-13)18-2;/h3-7,9,12H,8,10-11H2,1-2H3;1H. The molecule has 0 saturated carbocycles. The molecule has 1 aromatic carbocycles. The normalized spacial score (nSPS) is 18.2. The first kappa shape index (κ1) is 15.4. The van der Waals surface area contributed by atoms with Gasteiger partial charge in [0.25, 0.3) is 0 Å². The summed E-state index contributed by atoms with van der Waals surface area (Å²) in [5, 5.41) is 2.21. The van der Waals surface area contributed by atoms with Gasteiger partial charge in [-0.25, -0.2) is 0 Å². The highest BCUT2D eigenvalue weighted by Crippen LogP contribution is 2.29. The number of nitrogens with zero attached hydrogens (tertiary/aromatic N) is 1. The first-order valence-electron chi connectivity index (χ1n) is 6.68. The van der Waals surface area contributed by atoms with Gasteiger partial charge in [-0.1, -0.05) is 12.1 Å². The molecule has 1 aromatic heterocycles. The number of rotatable bonds is 3. The molecule has 1 unspecified atom stereocenters. The number of methoxy groups -OCH3 is 1. The second kappa shape index (κ2) is 6.61. The molecule has 0 saturated heterocycles. The lowest BCUT2D eigenvalue weighted by Gasteiger charge is -2.33. The zero-order chi connectivity index (χ0) is 13.2. The van der Waals surface area contributed by atoms with Gasteiger partial charge in [-0.2, -0.15) is 0 Å². The Balaban J connectivity index is 0.00000147. The third-order valence-corrected chi connectivity index (χ3v) is 4.82. The van der Waals surface area contributed by atoms with Crippen molar-refractivity contribution in [3.63, 3.8) is 0 Å². The molecule has 1 atom stereocenters. The van der Waals surface area contributed by atoms with E-state index in [4.69, 9.17) is 4.74 Å². The highest BCUT2D eigenvalue weighted by molar-refractivity contribution is 7.10. The predicted molar refractivity (Wildman–Crippen MR) is 87.0 cm³/mol. The van der Waals surface area contributed by atoms with E-state index in [0.717, 1.165) is 18.8 Å². The van der Waals surface area contributed by atoms with E-state index in [0.29, 0.717) is 6.04 Å². The number of ether oxygens (including phenoxy) is 1. The van der Waals surface area contributed by atoms with Crippen LogP contribution >= 0.6 is 23.7 Å². The first-order valence-corrected chi connectivity index (χ1v) is 7.56. The number of fused-ring (bicyclic) bond motifs is 1.